The maximum Gasteiger partial charge on any atom is 0.264 e. The predicted octanol–water partition coefficient (Wildman–Crippen LogP) is 3.22. The van der Waals surface area contributed by atoms with Crippen molar-refractivity contribution in [1.29, 1.82) is 0 Å². The molecule has 2 saturated carbocycles. The van der Waals surface area contributed by atoms with Gasteiger partial charge < -0.3 is 16.0 Å². The second kappa shape index (κ2) is 12.8. The van der Waals surface area contributed by atoms with Crippen molar-refractivity contribution in [2.75, 3.05) is 24.8 Å². The minimum absolute atomic E-state index is 0.00789. The lowest BCUT2D eigenvalue weighted by Crippen LogP contribution is -2.50. The van der Waals surface area contributed by atoms with Gasteiger partial charge in [0.15, 0.2) is 0 Å². The Balaban J connectivity index is 1.47. The van der Waals surface area contributed by atoms with E-state index in [0.29, 0.717) is 31.0 Å². The average molecular weight is 565 g/mol. The van der Waals surface area contributed by atoms with E-state index < -0.39 is 34.7 Å². The van der Waals surface area contributed by atoms with E-state index >= 15 is 0 Å². The molecule has 216 valence electrons. The fraction of sp³-hybridized carbons (Fsp3) is 0.679. The molecule has 1 heterocycles. The molecular weight excluding hydrogens is 523 g/mol. The lowest BCUT2D eigenvalue weighted by Gasteiger charge is -2.36. The first-order valence-corrected chi connectivity index (χ1v) is 16.0. The number of amides is 3. The zero-order valence-electron chi connectivity index (χ0n) is 22.6. The van der Waals surface area contributed by atoms with Crippen molar-refractivity contribution in [3.63, 3.8) is 0 Å². The van der Waals surface area contributed by atoms with Crippen molar-refractivity contribution in [2.24, 2.45) is 29.4 Å². The van der Waals surface area contributed by atoms with Gasteiger partial charge >= 0.3 is 0 Å². The largest absolute Gasteiger partial charge is 0.330 e. The molecule has 1 aliphatic heterocycles. The summed E-state index contributed by atoms with van der Waals surface area (Å²) in [5, 5.41) is 2.94. The van der Waals surface area contributed by atoms with Gasteiger partial charge in [-0.2, -0.15) is 0 Å². The van der Waals surface area contributed by atoms with Gasteiger partial charge in [-0.25, -0.2) is 17.5 Å². The highest BCUT2D eigenvalue weighted by atomic mass is 32.2. The number of likely N-dealkylation sites (tertiary alicyclic amines) is 1. The second-order valence-electron chi connectivity index (χ2n) is 11.5. The number of carbonyl (C=O) groups is 3. The van der Waals surface area contributed by atoms with E-state index in [1.54, 1.807) is 17.0 Å². The molecule has 4 rings (SSSR count). The van der Waals surface area contributed by atoms with Gasteiger partial charge in [-0.3, -0.25) is 14.4 Å². The molecule has 11 heteroatoms. The molecule has 3 amide bonds. The van der Waals surface area contributed by atoms with E-state index in [9.17, 15) is 27.2 Å². The summed E-state index contributed by atoms with van der Waals surface area (Å²) >= 11 is 0. The summed E-state index contributed by atoms with van der Waals surface area (Å²) in [5.74, 6) is -0.581. The van der Waals surface area contributed by atoms with Gasteiger partial charge in [-0.05, 0) is 74.1 Å². The third-order valence-corrected chi connectivity index (χ3v) is 9.41. The lowest BCUT2D eigenvalue weighted by atomic mass is 9.76. The molecule has 0 aromatic heterocycles. The van der Waals surface area contributed by atoms with Crippen LogP contribution in [0.15, 0.2) is 24.3 Å². The van der Waals surface area contributed by atoms with Gasteiger partial charge in [0.25, 0.3) is 5.91 Å². The van der Waals surface area contributed by atoms with E-state index in [1.165, 1.54) is 18.6 Å². The highest BCUT2D eigenvalue weighted by Gasteiger charge is 2.46. The smallest absolute Gasteiger partial charge is 0.264 e. The molecular formula is C28H41FN4O5S. The van der Waals surface area contributed by atoms with Crippen LogP contribution in [0.4, 0.5) is 10.1 Å². The van der Waals surface area contributed by atoms with Gasteiger partial charge in [-0.1, -0.05) is 32.1 Å². The van der Waals surface area contributed by atoms with E-state index in [1.807, 2.05) is 4.72 Å². The van der Waals surface area contributed by atoms with Gasteiger partial charge in [0.2, 0.25) is 21.8 Å². The lowest BCUT2D eigenvalue weighted by molar-refractivity contribution is -0.142. The summed E-state index contributed by atoms with van der Waals surface area (Å²) < 4.78 is 37.7. The van der Waals surface area contributed by atoms with Crippen LogP contribution in [0, 0.1) is 23.7 Å². The Morgan fingerprint density at radius 2 is 1.64 bits per heavy atom. The Labute approximate surface area is 230 Å². The highest BCUT2D eigenvalue weighted by Crippen LogP contribution is 2.41. The van der Waals surface area contributed by atoms with Crippen LogP contribution in [-0.4, -0.2) is 62.6 Å². The number of alkyl halides is 1. The van der Waals surface area contributed by atoms with Crippen LogP contribution in [0.25, 0.3) is 0 Å². The Hall–Kier alpha value is -2.53. The molecule has 3 atom stereocenters. The summed E-state index contributed by atoms with van der Waals surface area (Å²) in [7, 11) is -3.69. The van der Waals surface area contributed by atoms with Crippen molar-refractivity contribution in [3.05, 3.63) is 29.8 Å². The fourth-order valence-electron chi connectivity index (χ4n) is 6.76. The van der Waals surface area contributed by atoms with Crippen LogP contribution in [0.5, 0.6) is 0 Å². The molecule has 39 heavy (non-hydrogen) atoms. The third kappa shape index (κ3) is 7.36. The molecule has 0 radical (unpaired) electrons. The fourth-order valence-corrected chi connectivity index (χ4v) is 7.21. The molecule has 0 spiro atoms. The van der Waals surface area contributed by atoms with Gasteiger partial charge in [-0.15, -0.1) is 0 Å². The molecule has 4 N–H and O–H groups in total. The highest BCUT2D eigenvalue weighted by molar-refractivity contribution is 7.89. The van der Waals surface area contributed by atoms with Crippen LogP contribution in [0.2, 0.25) is 0 Å². The predicted molar refractivity (Wildman–Crippen MR) is 147 cm³/mol. The first-order valence-electron chi connectivity index (χ1n) is 14.1. The SMILES string of the molecule is CS(=O)(=O)NC(=O)c1ccc(NC(=O)[C@@H]2[C@H](C3CCCCC3)CCN2C(=O)C2CCC([C@H](N)CF)CC2)cc1. The summed E-state index contributed by atoms with van der Waals surface area (Å²) in [5.41, 5.74) is 6.53. The van der Waals surface area contributed by atoms with E-state index in [-0.39, 0.29) is 35.1 Å². The van der Waals surface area contributed by atoms with E-state index in [2.05, 4.69) is 5.32 Å². The van der Waals surface area contributed by atoms with Gasteiger partial charge in [0.05, 0.1) is 6.26 Å². The van der Waals surface area contributed by atoms with Crippen molar-refractivity contribution >= 4 is 33.4 Å². The molecule has 3 aliphatic rings. The van der Waals surface area contributed by atoms with Crippen molar-refractivity contribution in [2.45, 2.75) is 76.3 Å². The topological polar surface area (TPSA) is 139 Å². The first kappa shape index (κ1) is 29.5. The minimum atomic E-state index is -3.69. The molecule has 1 aromatic rings. The van der Waals surface area contributed by atoms with Crippen LogP contribution >= 0.6 is 0 Å². The number of halogens is 1. The number of sulfonamides is 1. The molecule has 0 unspecified atom stereocenters. The molecule has 3 fully saturated rings. The number of hydrogen-bond acceptors (Lipinski definition) is 6. The quantitative estimate of drug-likeness (QED) is 0.443. The van der Waals surface area contributed by atoms with Crippen LogP contribution < -0.4 is 15.8 Å². The second-order valence-corrected chi connectivity index (χ2v) is 13.3. The summed E-state index contributed by atoms with van der Waals surface area (Å²) in [6.45, 7) is -0.00329. The number of hydrogen-bond donors (Lipinski definition) is 3. The number of anilines is 1. The maximum absolute atomic E-state index is 13.7. The summed E-state index contributed by atoms with van der Waals surface area (Å²) in [4.78, 5) is 41.4. The van der Waals surface area contributed by atoms with E-state index in [0.717, 1.165) is 51.2 Å². The Morgan fingerprint density at radius 3 is 2.23 bits per heavy atom. The van der Waals surface area contributed by atoms with E-state index in [4.69, 9.17) is 5.73 Å². The average Bonchev–Trinajstić information content (AvgIpc) is 3.38. The molecule has 1 aromatic carbocycles. The Morgan fingerprint density at radius 1 is 1.00 bits per heavy atom. The Kier molecular flexibility index (Phi) is 9.64. The van der Waals surface area contributed by atoms with Crippen LogP contribution in [-0.2, 0) is 19.6 Å². The first-order chi connectivity index (χ1) is 18.6. The molecule has 9 nitrogen and oxygen atoms in total. The summed E-state index contributed by atoms with van der Waals surface area (Å²) in [6, 6.07) is 4.97. The normalized spacial score (nSPS) is 27.1. The number of carbonyl (C=O) groups excluding carboxylic acids is 3. The number of rotatable bonds is 8. The Bertz CT molecular complexity index is 1130. The van der Waals surface area contributed by atoms with Gasteiger partial charge in [0.1, 0.15) is 12.7 Å². The van der Waals surface area contributed by atoms with Crippen molar-refractivity contribution in [3.8, 4) is 0 Å². The maximum atomic E-state index is 13.7. The minimum Gasteiger partial charge on any atom is -0.330 e. The number of nitrogens with two attached hydrogens (primary N) is 1. The van der Waals surface area contributed by atoms with Crippen LogP contribution in [0.3, 0.4) is 0 Å². The van der Waals surface area contributed by atoms with Crippen LogP contribution in [0.1, 0.15) is 74.6 Å². The number of benzene rings is 1. The molecule has 0 bridgehead atoms. The summed E-state index contributed by atoms with van der Waals surface area (Å²) in [6.07, 6.45) is 10.1. The zero-order valence-corrected chi connectivity index (χ0v) is 23.4. The third-order valence-electron chi connectivity index (χ3n) is 8.85. The van der Waals surface area contributed by atoms with Crippen molar-refractivity contribution < 1.29 is 27.2 Å². The monoisotopic (exact) mass is 564 g/mol. The zero-order chi connectivity index (χ0) is 28.2. The number of nitrogens with zero attached hydrogens (tertiary/aromatic N) is 1. The standard InChI is InChI=1S/C28H41FN4O5S/c1-39(37,38)32-26(34)20-11-13-22(14-12-20)31-27(35)25-23(18-5-3-2-4-6-18)15-16-33(25)28(36)21-9-7-19(8-10-21)24(30)17-29/h11-14,18-19,21,23-25H,2-10,15-17,30H2,1H3,(H,31,35)(H,32,34)/t19?,21?,23-,24+,25-/m0/s1. The molecule has 2 aliphatic carbocycles. The van der Waals surface area contributed by atoms with Crippen molar-refractivity contribution in [1.82, 2.24) is 9.62 Å². The molecule has 1 saturated heterocycles. The van der Waals surface area contributed by atoms with Gasteiger partial charge in [0, 0.05) is 29.8 Å². The number of nitrogens with one attached hydrogen (secondary N) is 2.